The van der Waals surface area contributed by atoms with Crippen LogP contribution in [0.2, 0.25) is 5.02 Å². The maximum atomic E-state index is 12.2. The lowest BCUT2D eigenvalue weighted by Gasteiger charge is -2.09. The average molecular weight is 310 g/mol. The standard InChI is InChI=1S/C15H16ClNO2S/c1-11-6-7-15(8-12(11)2)20(18,19)17-10-13-4-3-5-14(16)9-13/h3-9,17H,10H2,1-2H3. The molecule has 0 aliphatic carbocycles. The van der Waals surface area contributed by atoms with Crippen molar-refractivity contribution in [1.29, 1.82) is 0 Å². The van der Waals surface area contributed by atoms with Crippen LogP contribution in [0.4, 0.5) is 0 Å². The highest BCUT2D eigenvalue weighted by Crippen LogP contribution is 2.16. The topological polar surface area (TPSA) is 46.2 Å². The Kier molecular flexibility index (Phi) is 4.48. The van der Waals surface area contributed by atoms with Crippen LogP contribution in [0.1, 0.15) is 16.7 Å². The molecule has 0 aliphatic heterocycles. The van der Waals surface area contributed by atoms with E-state index in [0.717, 1.165) is 16.7 Å². The second-order valence-corrected chi connectivity index (χ2v) is 6.90. The smallest absolute Gasteiger partial charge is 0.207 e. The van der Waals surface area contributed by atoms with Gasteiger partial charge in [0.1, 0.15) is 0 Å². The zero-order valence-electron chi connectivity index (χ0n) is 11.4. The maximum absolute atomic E-state index is 12.2. The van der Waals surface area contributed by atoms with Gasteiger partial charge in [0.05, 0.1) is 4.90 Å². The Morgan fingerprint density at radius 2 is 1.80 bits per heavy atom. The summed E-state index contributed by atoms with van der Waals surface area (Å²) in [6, 6.07) is 12.2. The lowest BCUT2D eigenvalue weighted by molar-refractivity contribution is 0.581. The van der Waals surface area contributed by atoms with Crippen molar-refractivity contribution in [3.63, 3.8) is 0 Å². The SMILES string of the molecule is Cc1ccc(S(=O)(=O)NCc2cccc(Cl)c2)cc1C. The highest BCUT2D eigenvalue weighted by molar-refractivity contribution is 7.89. The number of halogens is 1. The Morgan fingerprint density at radius 3 is 2.45 bits per heavy atom. The van der Waals surface area contributed by atoms with Gasteiger partial charge in [-0.3, -0.25) is 0 Å². The molecule has 0 atom stereocenters. The summed E-state index contributed by atoms with van der Waals surface area (Å²) < 4.78 is 27.0. The van der Waals surface area contributed by atoms with Gasteiger partial charge in [0, 0.05) is 11.6 Å². The minimum Gasteiger partial charge on any atom is -0.207 e. The summed E-state index contributed by atoms with van der Waals surface area (Å²) in [4.78, 5) is 0.280. The number of hydrogen-bond acceptors (Lipinski definition) is 2. The number of rotatable bonds is 4. The second-order valence-electron chi connectivity index (χ2n) is 4.70. The molecule has 2 aromatic carbocycles. The zero-order valence-corrected chi connectivity index (χ0v) is 12.9. The first kappa shape index (κ1) is 15.0. The van der Waals surface area contributed by atoms with Gasteiger partial charge in [-0.05, 0) is 54.8 Å². The molecule has 2 aromatic rings. The molecule has 106 valence electrons. The molecule has 0 radical (unpaired) electrons. The largest absolute Gasteiger partial charge is 0.240 e. The van der Waals surface area contributed by atoms with Crippen molar-refractivity contribution >= 4 is 21.6 Å². The Hall–Kier alpha value is -1.36. The zero-order chi connectivity index (χ0) is 14.8. The third-order valence-corrected chi connectivity index (χ3v) is 4.78. The van der Waals surface area contributed by atoms with Crippen LogP contribution in [0.3, 0.4) is 0 Å². The van der Waals surface area contributed by atoms with E-state index in [4.69, 9.17) is 11.6 Å². The minimum atomic E-state index is -3.50. The normalized spacial score (nSPS) is 11.6. The quantitative estimate of drug-likeness (QED) is 0.940. The fraction of sp³-hybridized carbons (Fsp3) is 0.200. The Balaban J connectivity index is 2.17. The summed E-state index contributed by atoms with van der Waals surface area (Å²) in [6.45, 7) is 4.06. The maximum Gasteiger partial charge on any atom is 0.240 e. The predicted molar refractivity (Wildman–Crippen MR) is 81.4 cm³/mol. The van der Waals surface area contributed by atoms with E-state index in [2.05, 4.69) is 4.72 Å². The Labute approximate surface area is 124 Å². The summed E-state index contributed by atoms with van der Waals surface area (Å²) in [5.74, 6) is 0. The van der Waals surface area contributed by atoms with Gasteiger partial charge in [-0.1, -0.05) is 29.8 Å². The molecular weight excluding hydrogens is 294 g/mol. The van der Waals surface area contributed by atoms with Gasteiger partial charge in [0.25, 0.3) is 0 Å². The third-order valence-electron chi connectivity index (χ3n) is 3.14. The highest BCUT2D eigenvalue weighted by Gasteiger charge is 2.14. The molecule has 0 spiro atoms. The Morgan fingerprint density at radius 1 is 1.05 bits per heavy atom. The van der Waals surface area contributed by atoms with Crippen molar-refractivity contribution in [2.45, 2.75) is 25.3 Å². The summed E-state index contributed by atoms with van der Waals surface area (Å²) in [6.07, 6.45) is 0. The lowest BCUT2D eigenvalue weighted by atomic mass is 10.1. The van der Waals surface area contributed by atoms with Gasteiger partial charge in [0.2, 0.25) is 10.0 Å². The monoisotopic (exact) mass is 309 g/mol. The van der Waals surface area contributed by atoms with Gasteiger partial charge < -0.3 is 0 Å². The van der Waals surface area contributed by atoms with Gasteiger partial charge in [-0.25, -0.2) is 13.1 Å². The molecule has 0 saturated heterocycles. The highest BCUT2D eigenvalue weighted by atomic mass is 35.5. The van der Waals surface area contributed by atoms with Crippen molar-refractivity contribution in [1.82, 2.24) is 4.72 Å². The molecule has 20 heavy (non-hydrogen) atoms. The van der Waals surface area contributed by atoms with Crippen LogP contribution in [0.25, 0.3) is 0 Å². The van der Waals surface area contributed by atoms with E-state index in [0.29, 0.717) is 5.02 Å². The first-order valence-electron chi connectivity index (χ1n) is 6.20. The first-order valence-corrected chi connectivity index (χ1v) is 8.06. The number of nitrogens with one attached hydrogen (secondary N) is 1. The Bertz CT molecular complexity index is 726. The molecule has 0 bridgehead atoms. The molecule has 0 unspecified atom stereocenters. The van der Waals surface area contributed by atoms with Gasteiger partial charge in [-0.15, -0.1) is 0 Å². The molecular formula is C15H16ClNO2S. The van der Waals surface area contributed by atoms with Crippen molar-refractivity contribution in [2.24, 2.45) is 0 Å². The number of sulfonamides is 1. The van der Waals surface area contributed by atoms with Crippen LogP contribution in [-0.2, 0) is 16.6 Å². The minimum absolute atomic E-state index is 0.218. The average Bonchev–Trinajstić information content (AvgIpc) is 2.40. The molecule has 1 N–H and O–H groups in total. The number of hydrogen-bond donors (Lipinski definition) is 1. The molecule has 3 nitrogen and oxygen atoms in total. The van der Waals surface area contributed by atoms with E-state index in [1.807, 2.05) is 26.0 Å². The molecule has 0 amide bonds. The van der Waals surface area contributed by atoms with Gasteiger partial charge in [-0.2, -0.15) is 0 Å². The van der Waals surface area contributed by atoms with E-state index < -0.39 is 10.0 Å². The van der Waals surface area contributed by atoms with E-state index >= 15 is 0 Å². The van der Waals surface area contributed by atoms with Crippen LogP contribution in [0.5, 0.6) is 0 Å². The van der Waals surface area contributed by atoms with Gasteiger partial charge in [0.15, 0.2) is 0 Å². The first-order chi connectivity index (χ1) is 9.38. The van der Waals surface area contributed by atoms with Gasteiger partial charge >= 0.3 is 0 Å². The van der Waals surface area contributed by atoms with Crippen molar-refractivity contribution < 1.29 is 8.42 Å². The molecule has 2 rings (SSSR count). The fourth-order valence-corrected chi connectivity index (χ4v) is 3.11. The molecule has 0 aromatic heterocycles. The molecule has 0 saturated carbocycles. The van der Waals surface area contributed by atoms with Crippen LogP contribution in [-0.4, -0.2) is 8.42 Å². The molecule has 5 heteroatoms. The van der Waals surface area contributed by atoms with Crippen molar-refractivity contribution in [3.8, 4) is 0 Å². The van der Waals surface area contributed by atoms with E-state index in [9.17, 15) is 8.42 Å². The van der Waals surface area contributed by atoms with Crippen molar-refractivity contribution in [3.05, 3.63) is 64.2 Å². The van der Waals surface area contributed by atoms with Crippen molar-refractivity contribution in [2.75, 3.05) is 0 Å². The van der Waals surface area contributed by atoms with E-state index in [1.165, 1.54) is 0 Å². The molecule has 0 fully saturated rings. The van der Waals surface area contributed by atoms with Crippen LogP contribution in [0.15, 0.2) is 47.4 Å². The number of benzene rings is 2. The lowest BCUT2D eigenvalue weighted by Crippen LogP contribution is -2.23. The van der Waals surface area contributed by atoms with Crippen LogP contribution in [0, 0.1) is 13.8 Å². The molecule has 0 heterocycles. The summed E-state index contributed by atoms with van der Waals surface area (Å²) in [5, 5.41) is 0.591. The fourth-order valence-electron chi connectivity index (χ4n) is 1.79. The van der Waals surface area contributed by atoms with Crippen LogP contribution < -0.4 is 4.72 Å². The van der Waals surface area contributed by atoms with Crippen LogP contribution >= 0.6 is 11.6 Å². The van der Waals surface area contributed by atoms with E-state index in [-0.39, 0.29) is 11.4 Å². The van der Waals surface area contributed by atoms with E-state index in [1.54, 1.807) is 30.3 Å². The second kappa shape index (κ2) is 5.95. The number of aryl methyl sites for hydroxylation is 2. The summed E-state index contributed by atoms with van der Waals surface area (Å²) in [7, 11) is -3.50. The predicted octanol–water partition coefficient (Wildman–Crippen LogP) is 3.44. The third kappa shape index (κ3) is 3.60. The molecule has 0 aliphatic rings. The summed E-state index contributed by atoms with van der Waals surface area (Å²) >= 11 is 5.87. The summed E-state index contributed by atoms with van der Waals surface area (Å²) in [5.41, 5.74) is 2.85.